The first-order valence-electron chi connectivity index (χ1n) is 9.46. The van der Waals surface area contributed by atoms with E-state index in [0.29, 0.717) is 29.9 Å². The summed E-state index contributed by atoms with van der Waals surface area (Å²) < 4.78 is 7.21. The molecule has 1 N–H and O–H groups in total. The highest BCUT2D eigenvalue weighted by molar-refractivity contribution is 5.56. The van der Waals surface area contributed by atoms with Gasteiger partial charge in [-0.1, -0.05) is 19.3 Å². The van der Waals surface area contributed by atoms with Crippen LogP contribution in [-0.4, -0.2) is 26.9 Å². The van der Waals surface area contributed by atoms with Gasteiger partial charge in [0.05, 0.1) is 11.6 Å². The van der Waals surface area contributed by atoms with Gasteiger partial charge in [0.15, 0.2) is 11.6 Å². The van der Waals surface area contributed by atoms with Crippen LogP contribution in [0.5, 0.6) is 0 Å². The SMILES string of the molecule is COCc1nc(-c2cc3c([nH]c2=O)CCCC3)n(C2CCCCC2)n1. The van der Waals surface area contributed by atoms with Crippen LogP contribution in [0.1, 0.15) is 68.1 Å². The number of hydrogen-bond donors (Lipinski definition) is 1. The summed E-state index contributed by atoms with van der Waals surface area (Å²) in [7, 11) is 1.65. The number of pyridine rings is 1. The highest BCUT2D eigenvalue weighted by Gasteiger charge is 2.24. The predicted molar refractivity (Wildman–Crippen MR) is 95.6 cm³/mol. The number of nitrogens with zero attached hydrogens (tertiary/aromatic N) is 3. The van der Waals surface area contributed by atoms with Crippen molar-refractivity contribution >= 4 is 0 Å². The Bertz CT molecular complexity index is 802. The maximum absolute atomic E-state index is 12.7. The molecule has 4 rings (SSSR count). The Morgan fingerprint density at radius 1 is 1.20 bits per heavy atom. The van der Waals surface area contributed by atoms with Crippen molar-refractivity contribution in [1.82, 2.24) is 19.7 Å². The summed E-state index contributed by atoms with van der Waals surface area (Å²) in [6.45, 7) is 0.371. The van der Waals surface area contributed by atoms with Crippen LogP contribution in [0.2, 0.25) is 0 Å². The third kappa shape index (κ3) is 3.27. The molecule has 0 unspecified atom stereocenters. The first kappa shape index (κ1) is 16.5. The number of methoxy groups -OCH3 is 1. The van der Waals surface area contributed by atoms with Crippen molar-refractivity contribution in [2.24, 2.45) is 0 Å². The highest BCUT2D eigenvalue weighted by atomic mass is 16.5. The van der Waals surface area contributed by atoms with Crippen molar-refractivity contribution in [3.05, 3.63) is 33.5 Å². The van der Waals surface area contributed by atoms with Crippen LogP contribution in [0.25, 0.3) is 11.4 Å². The van der Waals surface area contributed by atoms with Crippen LogP contribution in [0, 0.1) is 0 Å². The van der Waals surface area contributed by atoms with Crippen molar-refractivity contribution in [1.29, 1.82) is 0 Å². The van der Waals surface area contributed by atoms with Crippen molar-refractivity contribution in [2.45, 2.75) is 70.4 Å². The number of fused-ring (bicyclic) bond motifs is 1. The zero-order valence-corrected chi connectivity index (χ0v) is 14.9. The standard InChI is InChI=1S/C19H26N4O2/c1-25-12-17-21-18(23(22-17)14-8-3-2-4-9-14)15-11-13-7-5-6-10-16(13)20-19(15)24/h11,14H,2-10,12H2,1H3,(H,20,24). The zero-order valence-electron chi connectivity index (χ0n) is 14.9. The second-order valence-corrected chi connectivity index (χ2v) is 7.24. The molecule has 6 heteroatoms. The molecule has 2 aromatic rings. The molecule has 134 valence electrons. The molecule has 0 amide bonds. The molecule has 1 fully saturated rings. The minimum atomic E-state index is -0.0472. The number of ether oxygens (including phenoxy) is 1. The van der Waals surface area contributed by atoms with E-state index in [0.717, 1.165) is 37.8 Å². The summed E-state index contributed by atoms with van der Waals surface area (Å²) in [5, 5.41) is 4.68. The lowest BCUT2D eigenvalue weighted by molar-refractivity contribution is 0.176. The maximum Gasteiger partial charge on any atom is 0.259 e. The number of hydrogen-bond acceptors (Lipinski definition) is 4. The van der Waals surface area contributed by atoms with Gasteiger partial charge in [-0.15, -0.1) is 0 Å². The summed E-state index contributed by atoms with van der Waals surface area (Å²) >= 11 is 0. The van der Waals surface area contributed by atoms with Crippen molar-refractivity contribution < 1.29 is 4.74 Å². The average Bonchev–Trinajstić information content (AvgIpc) is 3.06. The number of nitrogens with one attached hydrogen (secondary N) is 1. The molecule has 25 heavy (non-hydrogen) atoms. The van der Waals surface area contributed by atoms with E-state index in [-0.39, 0.29) is 5.56 Å². The lowest BCUT2D eigenvalue weighted by Crippen LogP contribution is -2.21. The monoisotopic (exact) mass is 342 g/mol. The topological polar surface area (TPSA) is 72.8 Å². The number of H-pyrrole nitrogens is 1. The second-order valence-electron chi connectivity index (χ2n) is 7.24. The third-order valence-corrected chi connectivity index (χ3v) is 5.45. The van der Waals surface area contributed by atoms with Crippen LogP contribution in [0.3, 0.4) is 0 Å². The molecular formula is C19H26N4O2. The van der Waals surface area contributed by atoms with Crippen LogP contribution in [-0.2, 0) is 24.2 Å². The average molecular weight is 342 g/mol. The summed E-state index contributed by atoms with van der Waals surface area (Å²) in [6.07, 6.45) is 10.2. The molecule has 2 aliphatic carbocycles. The third-order valence-electron chi connectivity index (χ3n) is 5.45. The molecule has 2 heterocycles. The Morgan fingerprint density at radius 3 is 2.80 bits per heavy atom. The van der Waals surface area contributed by atoms with Gasteiger partial charge in [0.2, 0.25) is 0 Å². The maximum atomic E-state index is 12.7. The Morgan fingerprint density at radius 2 is 2.00 bits per heavy atom. The van der Waals surface area contributed by atoms with Gasteiger partial charge in [-0.2, -0.15) is 5.10 Å². The van der Waals surface area contributed by atoms with Gasteiger partial charge in [-0.3, -0.25) is 4.79 Å². The lowest BCUT2D eigenvalue weighted by atomic mass is 9.94. The van der Waals surface area contributed by atoms with Gasteiger partial charge in [0.25, 0.3) is 5.56 Å². The fourth-order valence-electron chi connectivity index (χ4n) is 4.16. The van der Waals surface area contributed by atoms with Crippen LogP contribution in [0.15, 0.2) is 10.9 Å². The van der Waals surface area contributed by atoms with Gasteiger partial charge < -0.3 is 9.72 Å². The minimum absolute atomic E-state index is 0.0472. The summed E-state index contributed by atoms with van der Waals surface area (Å²) in [5.74, 6) is 1.36. The summed E-state index contributed by atoms with van der Waals surface area (Å²) in [4.78, 5) is 20.5. The van der Waals surface area contributed by atoms with Gasteiger partial charge in [0.1, 0.15) is 6.61 Å². The van der Waals surface area contributed by atoms with Gasteiger partial charge >= 0.3 is 0 Å². The van der Waals surface area contributed by atoms with E-state index in [1.54, 1.807) is 7.11 Å². The number of aromatic nitrogens is 4. The Kier molecular flexibility index (Phi) is 4.70. The van der Waals surface area contributed by atoms with E-state index < -0.39 is 0 Å². The number of rotatable bonds is 4. The Hall–Kier alpha value is -1.95. The zero-order chi connectivity index (χ0) is 17.2. The first-order chi connectivity index (χ1) is 12.3. The van der Waals surface area contributed by atoms with E-state index in [1.165, 1.54) is 31.2 Å². The molecule has 0 aliphatic heterocycles. The Labute approximate surface area is 147 Å². The summed E-state index contributed by atoms with van der Waals surface area (Å²) in [5.41, 5.74) is 2.96. The predicted octanol–water partition coefficient (Wildman–Crippen LogP) is 3.16. The largest absolute Gasteiger partial charge is 0.377 e. The van der Waals surface area contributed by atoms with E-state index in [4.69, 9.17) is 4.74 Å². The smallest absolute Gasteiger partial charge is 0.259 e. The molecule has 6 nitrogen and oxygen atoms in total. The van der Waals surface area contributed by atoms with Gasteiger partial charge in [-0.25, -0.2) is 9.67 Å². The minimum Gasteiger partial charge on any atom is -0.377 e. The fraction of sp³-hybridized carbons (Fsp3) is 0.632. The van der Waals surface area contributed by atoms with Crippen molar-refractivity contribution in [3.8, 4) is 11.4 Å². The van der Waals surface area contributed by atoms with Crippen LogP contribution in [0.4, 0.5) is 0 Å². The number of aromatic amines is 1. The van der Waals surface area contributed by atoms with Crippen molar-refractivity contribution in [3.63, 3.8) is 0 Å². The van der Waals surface area contributed by atoms with E-state index in [9.17, 15) is 4.79 Å². The molecule has 0 radical (unpaired) electrons. The molecular weight excluding hydrogens is 316 g/mol. The van der Waals surface area contributed by atoms with Crippen LogP contribution < -0.4 is 5.56 Å². The normalized spacial score (nSPS) is 18.3. The summed E-state index contributed by atoms with van der Waals surface area (Å²) in [6, 6.07) is 2.38. The van der Waals surface area contributed by atoms with E-state index >= 15 is 0 Å². The fourth-order valence-corrected chi connectivity index (χ4v) is 4.16. The highest BCUT2D eigenvalue weighted by Crippen LogP contribution is 2.31. The number of aryl methyl sites for hydroxylation is 2. The van der Waals surface area contributed by atoms with Gasteiger partial charge in [-0.05, 0) is 50.2 Å². The molecule has 0 saturated heterocycles. The molecule has 0 bridgehead atoms. The Balaban J connectivity index is 1.79. The van der Waals surface area contributed by atoms with Crippen molar-refractivity contribution in [2.75, 3.05) is 7.11 Å². The second kappa shape index (κ2) is 7.12. The van der Waals surface area contributed by atoms with E-state index in [2.05, 4.69) is 15.1 Å². The van der Waals surface area contributed by atoms with Gasteiger partial charge in [0, 0.05) is 12.8 Å². The molecule has 0 spiro atoms. The molecule has 0 atom stereocenters. The quantitative estimate of drug-likeness (QED) is 0.926. The molecule has 0 aromatic carbocycles. The lowest BCUT2D eigenvalue weighted by Gasteiger charge is -2.23. The molecule has 2 aromatic heterocycles. The molecule has 2 aliphatic rings. The van der Waals surface area contributed by atoms with Crippen LogP contribution >= 0.6 is 0 Å². The molecule has 1 saturated carbocycles. The first-order valence-corrected chi connectivity index (χ1v) is 9.46. The van der Waals surface area contributed by atoms with E-state index in [1.807, 2.05) is 10.7 Å².